The van der Waals surface area contributed by atoms with Crippen molar-refractivity contribution in [1.82, 2.24) is 15.1 Å². The van der Waals surface area contributed by atoms with Gasteiger partial charge in [0.05, 0.1) is 10.6 Å². The zero-order valence-corrected chi connectivity index (χ0v) is 14.6. The van der Waals surface area contributed by atoms with Gasteiger partial charge in [-0.3, -0.25) is 4.79 Å². The molecule has 0 aliphatic carbocycles. The summed E-state index contributed by atoms with van der Waals surface area (Å²) in [5.41, 5.74) is 1.78. The smallest absolute Gasteiger partial charge is 0.249 e. The highest BCUT2D eigenvalue weighted by Crippen LogP contribution is 2.26. The van der Waals surface area contributed by atoms with Gasteiger partial charge in [0.25, 0.3) is 0 Å². The van der Waals surface area contributed by atoms with E-state index in [1.54, 1.807) is 18.0 Å². The van der Waals surface area contributed by atoms with Gasteiger partial charge < -0.3 is 9.32 Å². The molecule has 1 amide bonds. The van der Waals surface area contributed by atoms with Crippen LogP contribution in [-0.4, -0.2) is 28.1 Å². The number of hydrogen-bond donors (Lipinski definition) is 0. The van der Waals surface area contributed by atoms with Gasteiger partial charge in [-0.1, -0.05) is 54.1 Å². The molecule has 25 heavy (non-hydrogen) atoms. The molecule has 0 saturated carbocycles. The summed E-state index contributed by atoms with van der Waals surface area (Å²) < 4.78 is 5.62. The van der Waals surface area contributed by atoms with E-state index in [1.807, 2.05) is 48.5 Å². The number of carbonyl (C=O) groups excluding carboxylic acids is 1. The Kier molecular flexibility index (Phi) is 5.46. The van der Waals surface area contributed by atoms with Crippen molar-refractivity contribution in [3.05, 3.63) is 71.1 Å². The van der Waals surface area contributed by atoms with Gasteiger partial charge in [-0.2, -0.15) is 0 Å². The number of amides is 1. The summed E-state index contributed by atoms with van der Waals surface area (Å²) in [5, 5.41) is 8.57. The molecule has 0 spiro atoms. The minimum atomic E-state index is 0.0290. The molecule has 0 N–H and O–H groups in total. The van der Waals surface area contributed by atoms with Crippen LogP contribution < -0.4 is 0 Å². The van der Waals surface area contributed by atoms with Crippen LogP contribution in [0.1, 0.15) is 17.9 Å². The van der Waals surface area contributed by atoms with Crippen molar-refractivity contribution in [2.24, 2.45) is 0 Å². The van der Waals surface area contributed by atoms with Crippen molar-refractivity contribution in [3.63, 3.8) is 0 Å². The quantitative estimate of drug-likeness (QED) is 0.671. The summed E-state index contributed by atoms with van der Waals surface area (Å²) >= 11 is 6.13. The van der Waals surface area contributed by atoms with Crippen LogP contribution >= 0.6 is 11.6 Å². The van der Waals surface area contributed by atoms with Crippen molar-refractivity contribution in [3.8, 4) is 11.5 Å². The van der Waals surface area contributed by atoms with Crippen LogP contribution in [0.25, 0.3) is 11.5 Å². The molecule has 0 atom stereocenters. The number of aryl methyl sites for hydroxylation is 1. The van der Waals surface area contributed by atoms with Crippen LogP contribution in [0.2, 0.25) is 5.02 Å². The Balaban J connectivity index is 1.57. The third kappa shape index (κ3) is 4.45. The summed E-state index contributed by atoms with van der Waals surface area (Å²) in [5.74, 6) is 0.823. The number of hydrogen-bond acceptors (Lipinski definition) is 4. The fourth-order valence-corrected chi connectivity index (χ4v) is 2.66. The van der Waals surface area contributed by atoms with Gasteiger partial charge in [0, 0.05) is 26.4 Å². The minimum absolute atomic E-state index is 0.0290. The molecule has 1 heterocycles. The van der Waals surface area contributed by atoms with Crippen molar-refractivity contribution in [2.75, 3.05) is 7.05 Å². The number of benzene rings is 2. The van der Waals surface area contributed by atoms with Crippen LogP contribution in [0, 0.1) is 0 Å². The molecule has 0 aliphatic rings. The fourth-order valence-electron chi connectivity index (χ4n) is 2.45. The van der Waals surface area contributed by atoms with Gasteiger partial charge >= 0.3 is 0 Å². The second-order valence-electron chi connectivity index (χ2n) is 5.72. The lowest BCUT2D eigenvalue weighted by Gasteiger charge is -2.16. The first-order valence-electron chi connectivity index (χ1n) is 7.98. The normalized spacial score (nSPS) is 10.6. The average molecular weight is 356 g/mol. The number of nitrogens with zero attached hydrogens (tertiary/aromatic N) is 3. The molecule has 0 aliphatic heterocycles. The molecular weight excluding hydrogens is 338 g/mol. The molecule has 128 valence electrons. The Morgan fingerprint density at radius 2 is 1.80 bits per heavy atom. The molecule has 5 nitrogen and oxygen atoms in total. The first-order valence-corrected chi connectivity index (χ1v) is 8.36. The summed E-state index contributed by atoms with van der Waals surface area (Å²) in [4.78, 5) is 14.0. The molecule has 0 saturated heterocycles. The van der Waals surface area contributed by atoms with Gasteiger partial charge in [0.1, 0.15) is 0 Å². The SMILES string of the molecule is CN(Cc1ccccc1)C(=O)CCc1nnc(-c2ccccc2Cl)o1. The van der Waals surface area contributed by atoms with Crippen LogP contribution in [0.4, 0.5) is 0 Å². The van der Waals surface area contributed by atoms with Gasteiger partial charge in [-0.25, -0.2) is 0 Å². The highest BCUT2D eigenvalue weighted by Gasteiger charge is 2.14. The summed E-state index contributed by atoms with van der Waals surface area (Å²) in [6.07, 6.45) is 0.711. The Morgan fingerprint density at radius 3 is 2.56 bits per heavy atom. The van der Waals surface area contributed by atoms with E-state index in [4.69, 9.17) is 16.0 Å². The Bertz CT molecular complexity index is 849. The van der Waals surface area contributed by atoms with Crippen molar-refractivity contribution >= 4 is 17.5 Å². The fraction of sp³-hybridized carbons (Fsp3) is 0.211. The topological polar surface area (TPSA) is 59.2 Å². The van der Waals surface area contributed by atoms with Gasteiger partial charge in [0.2, 0.25) is 17.7 Å². The van der Waals surface area contributed by atoms with E-state index in [9.17, 15) is 4.79 Å². The monoisotopic (exact) mass is 355 g/mol. The molecular formula is C19H18ClN3O2. The Morgan fingerprint density at radius 1 is 1.08 bits per heavy atom. The van der Waals surface area contributed by atoms with Crippen molar-refractivity contribution < 1.29 is 9.21 Å². The molecule has 1 aromatic heterocycles. The molecule has 6 heteroatoms. The maximum absolute atomic E-state index is 12.3. The molecule has 0 bridgehead atoms. The van der Waals surface area contributed by atoms with Gasteiger partial charge in [-0.15, -0.1) is 10.2 Å². The second kappa shape index (κ2) is 7.94. The minimum Gasteiger partial charge on any atom is -0.421 e. The van der Waals surface area contributed by atoms with Crippen molar-refractivity contribution in [2.45, 2.75) is 19.4 Å². The van der Waals surface area contributed by atoms with Crippen LogP contribution in [-0.2, 0) is 17.8 Å². The second-order valence-corrected chi connectivity index (χ2v) is 6.12. The van der Waals surface area contributed by atoms with E-state index < -0.39 is 0 Å². The molecule has 0 fully saturated rings. The molecule has 0 radical (unpaired) electrons. The van der Waals surface area contributed by atoms with Crippen LogP contribution in [0.3, 0.4) is 0 Å². The van der Waals surface area contributed by atoms with E-state index in [0.29, 0.717) is 41.8 Å². The summed E-state index contributed by atoms with van der Waals surface area (Å²) in [7, 11) is 1.79. The third-order valence-electron chi connectivity index (χ3n) is 3.81. The lowest BCUT2D eigenvalue weighted by Crippen LogP contribution is -2.26. The molecule has 3 rings (SSSR count). The van der Waals surface area contributed by atoms with Gasteiger partial charge in [0.15, 0.2) is 0 Å². The molecule has 3 aromatic rings. The lowest BCUT2D eigenvalue weighted by atomic mass is 10.2. The highest BCUT2D eigenvalue weighted by molar-refractivity contribution is 6.33. The lowest BCUT2D eigenvalue weighted by molar-refractivity contribution is -0.130. The number of halogens is 1. The maximum atomic E-state index is 12.3. The zero-order chi connectivity index (χ0) is 17.6. The zero-order valence-electron chi connectivity index (χ0n) is 13.9. The highest BCUT2D eigenvalue weighted by atomic mass is 35.5. The predicted octanol–water partition coefficient (Wildman–Crippen LogP) is 3.98. The van der Waals surface area contributed by atoms with Crippen molar-refractivity contribution in [1.29, 1.82) is 0 Å². The van der Waals surface area contributed by atoms with E-state index >= 15 is 0 Å². The third-order valence-corrected chi connectivity index (χ3v) is 4.14. The summed E-state index contributed by atoms with van der Waals surface area (Å²) in [6, 6.07) is 17.1. The van der Waals surface area contributed by atoms with E-state index in [-0.39, 0.29) is 5.91 Å². The van der Waals surface area contributed by atoms with Gasteiger partial charge in [-0.05, 0) is 17.7 Å². The Labute approximate surface area is 151 Å². The first-order chi connectivity index (χ1) is 12.1. The maximum Gasteiger partial charge on any atom is 0.249 e. The predicted molar refractivity (Wildman–Crippen MR) is 96.0 cm³/mol. The van der Waals surface area contributed by atoms with Crippen LogP contribution in [0.15, 0.2) is 59.0 Å². The van der Waals surface area contributed by atoms with E-state index in [2.05, 4.69) is 10.2 Å². The molecule has 2 aromatic carbocycles. The van der Waals surface area contributed by atoms with E-state index in [1.165, 1.54) is 0 Å². The van der Waals surface area contributed by atoms with E-state index in [0.717, 1.165) is 5.56 Å². The number of rotatable bonds is 6. The standard InChI is InChI=1S/C19H18ClN3O2/c1-23(13-14-7-3-2-4-8-14)18(24)12-11-17-21-22-19(25-17)15-9-5-6-10-16(15)20/h2-10H,11-13H2,1H3. The first kappa shape index (κ1) is 17.2. The number of carbonyl (C=O) groups is 1. The molecule has 0 unspecified atom stereocenters. The Hall–Kier alpha value is -2.66. The summed E-state index contributed by atoms with van der Waals surface area (Å²) in [6.45, 7) is 0.578. The average Bonchev–Trinajstić information content (AvgIpc) is 3.09. The largest absolute Gasteiger partial charge is 0.421 e. The van der Waals surface area contributed by atoms with Crippen LogP contribution in [0.5, 0.6) is 0 Å². The number of aromatic nitrogens is 2.